The highest BCUT2D eigenvalue weighted by atomic mass is 15.5. The Balaban J connectivity index is 1.61. The molecule has 3 rings (SSSR count). The van der Waals surface area contributed by atoms with Crippen molar-refractivity contribution < 1.29 is 0 Å². The average molecular weight is 258 g/mol. The Hall–Kier alpha value is -2.08. The first-order valence-corrected chi connectivity index (χ1v) is 6.52. The molecule has 1 saturated heterocycles. The van der Waals surface area contributed by atoms with Crippen LogP contribution >= 0.6 is 0 Å². The first kappa shape index (κ1) is 12.0. The molecule has 2 aliphatic rings. The molecule has 1 fully saturated rings. The monoisotopic (exact) mass is 258 g/mol. The summed E-state index contributed by atoms with van der Waals surface area (Å²) in [5, 5.41) is 5.21. The van der Waals surface area contributed by atoms with Gasteiger partial charge in [0.25, 0.3) is 0 Å². The van der Waals surface area contributed by atoms with Crippen molar-refractivity contribution in [1.29, 1.82) is 0 Å². The first-order chi connectivity index (χ1) is 9.42. The van der Waals surface area contributed by atoms with Crippen LogP contribution in [-0.4, -0.2) is 50.5 Å². The van der Waals surface area contributed by atoms with Gasteiger partial charge in [-0.1, -0.05) is 0 Å². The lowest BCUT2D eigenvalue weighted by Crippen LogP contribution is -2.43. The van der Waals surface area contributed by atoms with E-state index in [1.807, 2.05) is 5.01 Å². The minimum absolute atomic E-state index is 0.586. The molecule has 6 nitrogen and oxygen atoms in total. The lowest BCUT2D eigenvalue weighted by Gasteiger charge is -2.29. The van der Waals surface area contributed by atoms with Crippen molar-refractivity contribution in [2.24, 2.45) is 9.98 Å². The van der Waals surface area contributed by atoms with Crippen molar-refractivity contribution in [3.05, 3.63) is 24.3 Å². The second kappa shape index (κ2) is 5.71. The number of aliphatic imine (C=N–C) groups is 2. The van der Waals surface area contributed by atoms with E-state index in [0.29, 0.717) is 6.67 Å². The zero-order valence-electron chi connectivity index (χ0n) is 10.8. The van der Waals surface area contributed by atoms with Gasteiger partial charge in [0.2, 0.25) is 0 Å². The van der Waals surface area contributed by atoms with Crippen LogP contribution in [0.3, 0.4) is 0 Å². The number of hydrazine groups is 1. The van der Waals surface area contributed by atoms with Gasteiger partial charge < -0.3 is 10.2 Å². The Morgan fingerprint density at radius 1 is 1.11 bits per heavy atom. The molecule has 0 aliphatic carbocycles. The van der Waals surface area contributed by atoms with Gasteiger partial charge in [-0.2, -0.15) is 0 Å². The normalized spacial score (nSPS) is 18.7. The van der Waals surface area contributed by atoms with Gasteiger partial charge in [-0.15, -0.1) is 0 Å². The molecule has 2 aliphatic heterocycles. The minimum Gasteiger partial charge on any atom is -0.369 e. The molecule has 0 unspecified atom stereocenters. The molecule has 0 bridgehead atoms. The average Bonchev–Trinajstić information content (AvgIpc) is 2.50. The highest BCUT2D eigenvalue weighted by Crippen LogP contribution is 2.18. The summed E-state index contributed by atoms with van der Waals surface area (Å²) in [6, 6.07) is 8.48. The quantitative estimate of drug-likeness (QED) is 0.840. The summed E-state index contributed by atoms with van der Waals surface area (Å²) in [5.74, 6) is 0. The van der Waals surface area contributed by atoms with Crippen LogP contribution < -0.4 is 15.6 Å². The molecular weight excluding hydrogens is 240 g/mol. The van der Waals surface area contributed by atoms with Crippen LogP contribution in [0.25, 0.3) is 0 Å². The predicted molar refractivity (Wildman–Crippen MR) is 78.8 cm³/mol. The maximum Gasteiger partial charge on any atom is 0.132 e. The number of nitrogens with one attached hydrogen (secondary N) is 2. The van der Waals surface area contributed by atoms with Crippen LogP contribution in [0.1, 0.15) is 0 Å². The summed E-state index contributed by atoms with van der Waals surface area (Å²) in [7, 11) is 0. The van der Waals surface area contributed by atoms with Gasteiger partial charge in [-0.05, 0) is 24.3 Å². The number of anilines is 2. The number of nitrogens with zero attached hydrogens (tertiary/aromatic N) is 4. The lowest BCUT2D eigenvalue weighted by atomic mass is 10.2. The Morgan fingerprint density at radius 2 is 1.89 bits per heavy atom. The van der Waals surface area contributed by atoms with E-state index in [1.165, 1.54) is 5.69 Å². The van der Waals surface area contributed by atoms with E-state index >= 15 is 0 Å². The first-order valence-electron chi connectivity index (χ1n) is 6.52. The van der Waals surface area contributed by atoms with Crippen molar-refractivity contribution in [2.45, 2.75) is 0 Å². The summed E-state index contributed by atoms with van der Waals surface area (Å²) < 4.78 is 0. The van der Waals surface area contributed by atoms with E-state index in [1.54, 1.807) is 12.7 Å². The molecule has 0 radical (unpaired) electrons. The minimum atomic E-state index is 0.586. The summed E-state index contributed by atoms with van der Waals surface area (Å²) >= 11 is 0. The predicted octanol–water partition coefficient (Wildman–Crippen LogP) is 0.753. The van der Waals surface area contributed by atoms with Crippen molar-refractivity contribution in [2.75, 3.05) is 43.2 Å². The molecule has 0 amide bonds. The summed E-state index contributed by atoms with van der Waals surface area (Å²) in [6.07, 6.45) is 3.29. The van der Waals surface area contributed by atoms with E-state index in [-0.39, 0.29) is 0 Å². The van der Waals surface area contributed by atoms with Gasteiger partial charge in [0.15, 0.2) is 0 Å². The van der Waals surface area contributed by atoms with Crippen LogP contribution in [0.15, 0.2) is 34.3 Å². The third-order valence-electron chi connectivity index (χ3n) is 3.21. The van der Waals surface area contributed by atoms with Gasteiger partial charge >= 0.3 is 0 Å². The van der Waals surface area contributed by atoms with Crippen LogP contribution in [0.5, 0.6) is 0 Å². The Morgan fingerprint density at radius 3 is 2.58 bits per heavy atom. The van der Waals surface area contributed by atoms with E-state index in [0.717, 1.165) is 31.9 Å². The fourth-order valence-corrected chi connectivity index (χ4v) is 2.22. The van der Waals surface area contributed by atoms with E-state index in [4.69, 9.17) is 0 Å². The van der Waals surface area contributed by atoms with Crippen LogP contribution in [0, 0.1) is 0 Å². The highest BCUT2D eigenvalue weighted by molar-refractivity contribution is 5.74. The van der Waals surface area contributed by atoms with Gasteiger partial charge in [0.1, 0.15) is 19.3 Å². The lowest BCUT2D eigenvalue weighted by molar-refractivity contribution is 0.524. The molecule has 19 heavy (non-hydrogen) atoms. The molecule has 1 aromatic rings. The second-order valence-corrected chi connectivity index (χ2v) is 4.57. The number of hydrogen-bond donors (Lipinski definition) is 2. The van der Waals surface area contributed by atoms with Crippen LogP contribution in [0.2, 0.25) is 0 Å². The van der Waals surface area contributed by atoms with Crippen LogP contribution in [0.4, 0.5) is 11.4 Å². The molecule has 2 N–H and O–H groups in total. The molecule has 0 saturated carbocycles. The standard InChI is InChI=1S/C13H18N6/c1-3-13(18-7-5-14-6-8-18)4-2-12(1)17-19-10-15-9-16-11-19/h1-4,9-10,14,17H,5-8,11H2. The van der Waals surface area contributed by atoms with Gasteiger partial charge in [0.05, 0.1) is 5.69 Å². The smallest absolute Gasteiger partial charge is 0.132 e. The van der Waals surface area contributed by atoms with E-state index in [9.17, 15) is 0 Å². The Labute approximate surface area is 112 Å². The molecular formula is C13H18N6. The van der Waals surface area contributed by atoms with Crippen molar-refractivity contribution in [1.82, 2.24) is 10.3 Å². The molecule has 6 heteroatoms. The van der Waals surface area contributed by atoms with Gasteiger partial charge in [-0.25, -0.2) is 4.99 Å². The molecule has 2 heterocycles. The van der Waals surface area contributed by atoms with Crippen molar-refractivity contribution >= 4 is 24.1 Å². The zero-order chi connectivity index (χ0) is 12.9. The highest BCUT2D eigenvalue weighted by Gasteiger charge is 2.10. The summed E-state index contributed by atoms with van der Waals surface area (Å²) in [5.41, 5.74) is 5.57. The van der Waals surface area contributed by atoms with Gasteiger partial charge in [0, 0.05) is 31.9 Å². The largest absolute Gasteiger partial charge is 0.369 e. The van der Waals surface area contributed by atoms with Crippen molar-refractivity contribution in [3.63, 3.8) is 0 Å². The number of hydrogen-bond acceptors (Lipinski definition) is 6. The van der Waals surface area contributed by atoms with Crippen LogP contribution in [-0.2, 0) is 0 Å². The maximum absolute atomic E-state index is 4.07. The topological polar surface area (TPSA) is 55.3 Å². The third kappa shape index (κ3) is 3.03. The maximum atomic E-state index is 4.07. The van der Waals surface area contributed by atoms with E-state index < -0.39 is 0 Å². The number of rotatable bonds is 3. The molecule has 0 spiro atoms. The van der Waals surface area contributed by atoms with Crippen molar-refractivity contribution in [3.8, 4) is 0 Å². The van der Waals surface area contributed by atoms with Gasteiger partial charge in [-0.3, -0.25) is 15.4 Å². The fraction of sp³-hybridized carbons (Fsp3) is 0.385. The summed E-state index contributed by atoms with van der Waals surface area (Å²) in [6.45, 7) is 4.84. The Kier molecular flexibility index (Phi) is 3.60. The molecule has 0 aromatic heterocycles. The number of piperazine rings is 1. The third-order valence-corrected chi connectivity index (χ3v) is 3.21. The van der Waals surface area contributed by atoms with E-state index in [2.05, 4.69) is 49.9 Å². The summed E-state index contributed by atoms with van der Waals surface area (Å²) in [4.78, 5) is 10.4. The molecule has 1 aromatic carbocycles. The zero-order valence-corrected chi connectivity index (χ0v) is 10.8. The molecule has 0 atom stereocenters. The number of benzene rings is 1. The fourth-order valence-electron chi connectivity index (χ4n) is 2.22. The Bertz CT molecular complexity index is 461. The SMILES string of the molecule is C1=NC=NCN1Nc1ccc(N2CCNCC2)cc1. The second-order valence-electron chi connectivity index (χ2n) is 4.57. The molecule has 100 valence electrons.